The Bertz CT molecular complexity index is 512. The molecule has 110 valence electrons. The summed E-state index contributed by atoms with van der Waals surface area (Å²) in [7, 11) is 0. The number of epoxide rings is 1. The summed E-state index contributed by atoms with van der Waals surface area (Å²) in [5.74, 6) is -0.529. The summed E-state index contributed by atoms with van der Waals surface area (Å²) in [5, 5.41) is 21.1. The van der Waals surface area contributed by atoms with Crippen molar-refractivity contribution in [2.75, 3.05) is 0 Å². The number of rotatable bonds is 0. The fourth-order valence-corrected chi connectivity index (χ4v) is 5.09. The van der Waals surface area contributed by atoms with Crippen LogP contribution in [0, 0.1) is 17.8 Å². The van der Waals surface area contributed by atoms with E-state index in [0.717, 1.165) is 0 Å². The second kappa shape index (κ2) is 3.46. The second-order valence-corrected chi connectivity index (χ2v) is 7.11. The van der Waals surface area contributed by atoms with Crippen LogP contribution < -0.4 is 0 Å². The molecule has 0 amide bonds. The monoisotopic (exact) mass is 280 g/mol. The number of aliphatic hydroxyl groups is 2. The molecule has 2 aliphatic heterocycles. The van der Waals surface area contributed by atoms with Gasteiger partial charge in [0, 0.05) is 17.9 Å². The molecule has 20 heavy (non-hydrogen) atoms. The van der Waals surface area contributed by atoms with Gasteiger partial charge in [-0.1, -0.05) is 13.5 Å². The maximum Gasteiger partial charge on any atom is 0.334 e. The normalized spacial score (nSPS) is 60.4. The fraction of sp³-hybridized carbons (Fsp3) is 0.800. The number of hydrogen-bond acceptors (Lipinski definition) is 5. The molecule has 2 heterocycles. The highest BCUT2D eigenvalue weighted by atomic mass is 16.6. The highest BCUT2D eigenvalue weighted by Crippen LogP contribution is 2.67. The van der Waals surface area contributed by atoms with Gasteiger partial charge in [-0.05, 0) is 19.3 Å². The van der Waals surface area contributed by atoms with E-state index in [2.05, 4.69) is 6.58 Å². The van der Waals surface area contributed by atoms with Gasteiger partial charge in [0.2, 0.25) is 0 Å². The predicted octanol–water partition coefficient (Wildman–Crippen LogP) is 0.393. The van der Waals surface area contributed by atoms with Gasteiger partial charge in [-0.2, -0.15) is 0 Å². The summed E-state index contributed by atoms with van der Waals surface area (Å²) in [4.78, 5) is 11.7. The Labute approximate surface area is 117 Å². The first kappa shape index (κ1) is 12.8. The van der Waals surface area contributed by atoms with Crippen LogP contribution in [0.1, 0.15) is 26.7 Å². The molecule has 0 aromatic heterocycles. The minimum atomic E-state index is -1.07. The number of fused-ring (bicyclic) bond motifs is 2. The number of hydrogen-bond donors (Lipinski definition) is 2. The van der Waals surface area contributed by atoms with Gasteiger partial charge in [-0.3, -0.25) is 0 Å². The van der Waals surface area contributed by atoms with E-state index in [9.17, 15) is 15.0 Å². The lowest BCUT2D eigenvalue weighted by molar-refractivity contribution is -0.140. The minimum Gasteiger partial charge on any atom is -0.458 e. The Hall–Kier alpha value is -0.910. The third-order valence-corrected chi connectivity index (χ3v) is 5.91. The van der Waals surface area contributed by atoms with Crippen molar-refractivity contribution in [2.45, 2.75) is 56.2 Å². The first-order valence-electron chi connectivity index (χ1n) is 7.27. The molecule has 2 N–H and O–H groups in total. The predicted molar refractivity (Wildman–Crippen MR) is 68.6 cm³/mol. The Morgan fingerprint density at radius 2 is 2.15 bits per heavy atom. The summed E-state index contributed by atoms with van der Waals surface area (Å²) in [6, 6.07) is 0. The summed E-state index contributed by atoms with van der Waals surface area (Å²) in [6.07, 6.45) is -0.0734. The topological polar surface area (TPSA) is 79.3 Å². The Balaban J connectivity index is 1.80. The molecular weight excluding hydrogens is 260 g/mol. The summed E-state index contributed by atoms with van der Waals surface area (Å²) in [5.41, 5.74) is -1.37. The molecule has 5 nitrogen and oxygen atoms in total. The van der Waals surface area contributed by atoms with Crippen LogP contribution in [0.4, 0.5) is 0 Å². The van der Waals surface area contributed by atoms with E-state index < -0.39 is 17.3 Å². The van der Waals surface area contributed by atoms with Crippen LogP contribution in [0.15, 0.2) is 12.2 Å². The van der Waals surface area contributed by atoms with E-state index >= 15 is 0 Å². The quantitative estimate of drug-likeness (QED) is 0.381. The van der Waals surface area contributed by atoms with Gasteiger partial charge in [-0.15, -0.1) is 0 Å². The van der Waals surface area contributed by atoms with Crippen molar-refractivity contribution in [3.63, 3.8) is 0 Å². The Kier molecular flexibility index (Phi) is 2.21. The van der Waals surface area contributed by atoms with Crippen molar-refractivity contribution < 1.29 is 24.5 Å². The number of carbonyl (C=O) groups excluding carboxylic acids is 1. The van der Waals surface area contributed by atoms with Gasteiger partial charge < -0.3 is 19.7 Å². The SMILES string of the molecule is C=C1C(=O)O[C@H]2C[C@H](C)[C@H]3[C@@H](O)C[C@@](C)(O)[C@@]34O[C@H]4[C@H]12. The standard InChI is InChI=1S/C15H20O5/c1-6-4-9-10(7(2)13(17)19-9)12-15(20-12)11(6)8(16)5-14(15,3)18/h6,8-12,16,18H,2,4-5H2,1,3H3/t6-,8-,9-,10+,11-,12-,14+,15+/m0/s1. The van der Waals surface area contributed by atoms with Gasteiger partial charge in [0.25, 0.3) is 0 Å². The van der Waals surface area contributed by atoms with Gasteiger partial charge in [0.05, 0.1) is 17.6 Å². The van der Waals surface area contributed by atoms with Crippen molar-refractivity contribution in [2.24, 2.45) is 17.8 Å². The van der Waals surface area contributed by atoms with E-state index in [0.29, 0.717) is 18.4 Å². The lowest BCUT2D eigenvalue weighted by atomic mass is 9.76. The molecule has 8 atom stereocenters. The summed E-state index contributed by atoms with van der Waals surface area (Å²) >= 11 is 0. The van der Waals surface area contributed by atoms with Crippen LogP contribution in [-0.4, -0.2) is 45.7 Å². The van der Waals surface area contributed by atoms with Crippen molar-refractivity contribution in [1.29, 1.82) is 0 Å². The zero-order chi connectivity index (χ0) is 14.4. The van der Waals surface area contributed by atoms with Crippen LogP contribution in [0.3, 0.4) is 0 Å². The maximum absolute atomic E-state index is 11.7. The smallest absolute Gasteiger partial charge is 0.334 e. The Morgan fingerprint density at radius 3 is 2.85 bits per heavy atom. The van der Waals surface area contributed by atoms with Gasteiger partial charge in [0.1, 0.15) is 17.8 Å². The lowest BCUT2D eigenvalue weighted by Crippen LogP contribution is -2.45. The highest BCUT2D eigenvalue weighted by Gasteiger charge is 2.80. The van der Waals surface area contributed by atoms with Crippen LogP contribution in [-0.2, 0) is 14.3 Å². The molecule has 0 aromatic rings. The maximum atomic E-state index is 11.7. The molecule has 4 rings (SSSR count). The molecule has 2 aliphatic carbocycles. The molecule has 5 heteroatoms. The number of aliphatic hydroxyl groups excluding tert-OH is 1. The lowest BCUT2D eigenvalue weighted by Gasteiger charge is -2.29. The van der Waals surface area contributed by atoms with Crippen LogP contribution in [0.2, 0.25) is 0 Å². The third kappa shape index (κ3) is 1.23. The van der Waals surface area contributed by atoms with Gasteiger partial charge in [-0.25, -0.2) is 4.79 Å². The average molecular weight is 280 g/mol. The molecule has 0 aromatic carbocycles. The van der Waals surface area contributed by atoms with E-state index in [4.69, 9.17) is 9.47 Å². The third-order valence-electron chi connectivity index (χ3n) is 5.91. The summed E-state index contributed by atoms with van der Waals surface area (Å²) in [6.45, 7) is 7.60. The summed E-state index contributed by atoms with van der Waals surface area (Å²) < 4.78 is 11.4. The molecule has 2 saturated heterocycles. The van der Waals surface area contributed by atoms with Crippen molar-refractivity contribution >= 4 is 5.97 Å². The molecule has 1 spiro atoms. The van der Waals surface area contributed by atoms with Gasteiger partial charge >= 0.3 is 5.97 Å². The van der Waals surface area contributed by atoms with Crippen molar-refractivity contribution in [3.05, 3.63) is 12.2 Å². The van der Waals surface area contributed by atoms with Crippen LogP contribution in [0.5, 0.6) is 0 Å². The van der Waals surface area contributed by atoms with Gasteiger partial charge in [0.15, 0.2) is 0 Å². The first-order valence-corrected chi connectivity index (χ1v) is 7.27. The van der Waals surface area contributed by atoms with E-state index in [1.165, 1.54) is 0 Å². The second-order valence-electron chi connectivity index (χ2n) is 7.11. The van der Waals surface area contributed by atoms with Crippen LogP contribution in [0.25, 0.3) is 0 Å². The number of ether oxygens (including phenoxy) is 2. The zero-order valence-corrected chi connectivity index (χ0v) is 11.7. The molecule has 2 saturated carbocycles. The molecule has 4 fully saturated rings. The molecule has 0 unspecified atom stereocenters. The number of esters is 1. The van der Waals surface area contributed by atoms with Crippen molar-refractivity contribution in [1.82, 2.24) is 0 Å². The van der Waals surface area contributed by atoms with Crippen LogP contribution >= 0.6 is 0 Å². The van der Waals surface area contributed by atoms with Crippen molar-refractivity contribution in [3.8, 4) is 0 Å². The molecule has 4 aliphatic rings. The van der Waals surface area contributed by atoms with E-state index in [1.807, 2.05) is 6.92 Å². The zero-order valence-electron chi connectivity index (χ0n) is 11.7. The highest BCUT2D eigenvalue weighted by molar-refractivity contribution is 5.91. The molecule has 0 bridgehead atoms. The fourth-order valence-electron chi connectivity index (χ4n) is 5.09. The van der Waals surface area contributed by atoms with E-state index in [1.54, 1.807) is 6.92 Å². The number of carbonyl (C=O) groups is 1. The average Bonchev–Trinajstić information content (AvgIpc) is 2.93. The molecular formula is C15H20O5. The first-order chi connectivity index (χ1) is 9.29. The Morgan fingerprint density at radius 1 is 1.45 bits per heavy atom. The molecule has 0 radical (unpaired) electrons. The largest absolute Gasteiger partial charge is 0.458 e. The minimum absolute atomic E-state index is 0.111. The van der Waals surface area contributed by atoms with E-state index in [-0.39, 0.29) is 35.9 Å².